The Morgan fingerprint density at radius 2 is 1.39 bits per heavy atom. The van der Waals surface area contributed by atoms with Crippen LogP contribution in [0.4, 0.5) is 5.69 Å². The molecule has 1 aromatic carbocycles. The van der Waals surface area contributed by atoms with Crippen molar-refractivity contribution in [3.8, 4) is 0 Å². The number of anilines is 1. The predicted octanol–water partition coefficient (Wildman–Crippen LogP) is 7.14. The minimum absolute atomic E-state index is 0.0541. The van der Waals surface area contributed by atoms with E-state index in [0.29, 0.717) is 42.8 Å². The summed E-state index contributed by atoms with van der Waals surface area (Å²) in [5, 5.41) is 0. The Hall–Kier alpha value is -1.16. The fourth-order valence-electron chi connectivity index (χ4n) is 5.22. The van der Waals surface area contributed by atoms with Gasteiger partial charge >= 0.3 is 8.56 Å². The highest BCUT2D eigenvalue weighted by atomic mass is 28.4. The summed E-state index contributed by atoms with van der Waals surface area (Å²) in [6, 6.07) is 11.3. The van der Waals surface area contributed by atoms with Gasteiger partial charge in [-0.1, -0.05) is 59.7 Å². The zero-order valence-corrected chi connectivity index (χ0v) is 24.6. The lowest BCUT2D eigenvalue weighted by molar-refractivity contribution is -0.135. The van der Waals surface area contributed by atoms with Crippen LogP contribution in [-0.4, -0.2) is 49.2 Å². The smallest absolute Gasteiger partial charge is 0.334 e. The van der Waals surface area contributed by atoms with E-state index in [1.165, 1.54) is 0 Å². The van der Waals surface area contributed by atoms with Gasteiger partial charge in [0.25, 0.3) is 14.3 Å². The van der Waals surface area contributed by atoms with Crippen LogP contribution in [0.15, 0.2) is 30.3 Å². The summed E-state index contributed by atoms with van der Waals surface area (Å²) >= 11 is 0. The van der Waals surface area contributed by atoms with E-state index < -0.39 is 16.9 Å². The Kier molecular flexibility index (Phi) is 12.9. The quantitative estimate of drug-likeness (QED) is 0.228. The summed E-state index contributed by atoms with van der Waals surface area (Å²) in [5.74, 6) is -0.0541. The van der Waals surface area contributed by atoms with Gasteiger partial charge < -0.3 is 18.2 Å². The fraction of sp³-hybridized carbons (Fsp3) is 0.731. The van der Waals surface area contributed by atoms with Crippen LogP contribution in [0.3, 0.4) is 0 Å². The molecule has 0 amide bonds. The molecule has 0 bridgehead atoms. The molecule has 0 N–H and O–H groups in total. The maximum atomic E-state index is 13.1. The monoisotopic (exact) mass is 495 g/mol. The van der Waals surface area contributed by atoms with E-state index >= 15 is 0 Å². The largest absolute Gasteiger partial charge is 0.518 e. The van der Waals surface area contributed by atoms with E-state index in [4.69, 9.17) is 13.3 Å². The maximum Gasteiger partial charge on any atom is 0.334 e. The van der Waals surface area contributed by atoms with Crippen molar-refractivity contribution in [2.75, 3.05) is 31.2 Å². The van der Waals surface area contributed by atoms with Crippen LogP contribution in [0, 0.1) is 0 Å². The molecular formula is C26H49NO4Si2. The van der Waals surface area contributed by atoms with Crippen LogP contribution >= 0.6 is 0 Å². The van der Waals surface area contributed by atoms with E-state index in [1.807, 2.05) is 32.0 Å². The van der Waals surface area contributed by atoms with Crippen molar-refractivity contribution in [2.45, 2.75) is 97.4 Å². The Bertz CT molecular complexity index is 654. The predicted molar refractivity (Wildman–Crippen MR) is 145 cm³/mol. The number of rotatable bonds is 16. The first-order valence-corrected chi connectivity index (χ1v) is 17.5. The molecule has 0 heterocycles. The second kappa shape index (κ2) is 14.3. The molecule has 0 atom stereocenters. The first-order chi connectivity index (χ1) is 15.5. The van der Waals surface area contributed by atoms with Gasteiger partial charge in [-0.15, -0.1) is 0 Å². The number of carbonyl (C=O) groups excluding carboxylic acids is 1. The fourth-order valence-corrected chi connectivity index (χ4v) is 12.8. The summed E-state index contributed by atoms with van der Waals surface area (Å²) < 4.78 is 18.4. The zero-order valence-electron chi connectivity index (χ0n) is 22.6. The third-order valence-corrected chi connectivity index (χ3v) is 15.7. The molecule has 0 aliphatic rings. The standard InChI is InChI=1S/C26H49NO4Si2/c1-10-29-32(9,30-11-2)21-15-19-27(25-16-13-12-14-17-25)20-18-26(28)31-33(22(3)4,23(5)6)24(7)8/h12-14,16-17,22-24H,10-11,15,18-21H2,1-9H3. The number of nitrogens with zero attached hydrogens (tertiary/aromatic N) is 1. The molecule has 0 aliphatic carbocycles. The first kappa shape index (κ1) is 29.9. The van der Waals surface area contributed by atoms with Crippen LogP contribution in [0.2, 0.25) is 29.2 Å². The van der Waals surface area contributed by atoms with Gasteiger partial charge in [-0.2, -0.15) is 0 Å². The highest BCUT2D eigenvalue weighted by Crippen LogP contribution is 2.42. The van der Waals surface area contributed by atoms with Crippen LogP contribution in [0.25, 0.3) is 0 Å². The molecule has 33 heavy (non-hydrogen) atoms. The zero-order chi connectivity index (χ0) is 25.1. The van der Waals surface area contributed by atoms with Gasteiger partial charge in [0.2, 0.25) is 0 Å². The molecule has 1 aromatic rings. The average Bonchev–Trinajstić information content (AvgIpc) is 2.74. The normalized spacial score (nSPS) is 12.6. The summed E-state index contributed by atoms with van der Waals surface area (Å²) in [6.45, 7) is 22.4. The van der Waals surface area contributed by atoms with Crippen molar-refractivity contribution in [2.24, 2.45) is 0 Å². The Labute approximate surface area is 205 Å². The summed E-state index contributed by atoms with van der Waals surface area (Å²) in [5.41, 5.74) is 2.32. The lowest BCUT2D eigenvalue weighted by Gasteiger charge is -2.41. The molecule has 5 nitrogen and oxygen atoms in total. The Morgan fingerprint density at radius 3 is 1.85 bits per heavy atom. The molecule has 0 saturated heterocycles. The minimum atomic E-state index is -2.21. The summed E-state index contributed by atoms with van der Waals surface area (Å²) in [6.07, 6.45) is 1.37. The van der Waals surface area contributed by atoms with E-state index in [-0.39, 0.29) is 5.97 Å². The van der Waals surface area contributed by atoms with Gasteiger partial charge in [0.1, 0.15) is 0 Å². The number of para-hydroxylation sites is 1. The molecule has 0 spiro atoms. The summed E-state index contributed by atoms with van der Waals surface area (Å²) in [7, 11) is -4.35. The van der Waals surface area contributed by atoms with Gasteiger partial charge in [-0.05, 0) is 61.6 Å². The molecule has 0 aliphatic heterocycles. The molecular weight excluding hydrogens is 446 g/mol. The van der Waals surface area contributed by atoms with Gasteiger partial charge in [-0.3, -0.25) is 4.79 Å². The van der Waals surface area contributed by atoms with Crippen molar-refractivity contribution in [1.29, 1.82) is 0 Å². The highest BCUT2D eigenvalue weighted by molar-refractivity contribution is 6.78. The van der Waals surface area contributed by atoms with E-state index in [2.05, 4.69) is 65.1 Å². The van der Waals surface area contributed by atoms with E-state index in [1.54, 1.807) is 0 Å². The van der Waals surface area contributed by atoms with Crippen molar-refractivity contribution in [3.63, 3.8) is 0 Å². The number of carbonyl (C=O) groups is 1. The van der Waals surface area contributed by atoms with Crippen molar-refractivity contribution >= 4 is 28.5 Å². The molecule has 0 saturated carbocycles. The second-order valence-corrected chi connectivity index (χ2v) is 18.7. The highest BCUT2D eigenvalue weighted by Gasteiger charge is 2.48. The SMILES string of the molecule is CCO[Si](C)(CCCN(CCC(=O)O[Si](C(C)C)(C(C)C)C(C)C)c1ccccc1)OCC. The first-order valence-electron chi connectivity index (χ1n) is 12.8. The van der Waals surface area contributed by atoms with E-state index in [9.17, 15) is 4.79 Å². The molecule has 0 aromatic heterocycles. The molecule has 7 heteroatoms. The lowest BCUT2D eigenvalue weighted by Crippen LogP contribution is -2.49. The van der Waals surface area contributed by atoms with Crippen LogP contribution in [0.5, 0.6) is 0 Å². The van der Waals surface area contributed by atoms with Crippen LogP contribution in [-0.2, 0) is 18.1 Å². The van der Waals surface area contributed by atoms with Crippen LogP contribution < -0.4 is 4.90 Å². The van der Waals surface area contributed by atoms with Gasteiger partial charge in [0.05, 0.1) is 6.42 Å². The minimum Gasteiger partial charge on any atom is -0.518 e. The third kappa shape index (κ3) is 8.85. The van der Waals surface area contributed by atoms with Crippen molar-refractivity contribution in [3.05, 3.63) is 30.3 Å². The summed E-state index contributed by atoms with van der Waals surface area (Å²) in [4.78, 5) is 15.4. The maximum absolute atomic E-state index is 13.1. The van der Waals surface area contributed by atoms with Gasteiger partial charge in [-0.25, -0.2) is 0 Å². The number of benzene rings is 1. The molecule has 0 unspecified atom stereocenters. The van der Waals surface area contributed by atoms with Gasteiger partial charge in [0.15, 0.2) is 0 Å². The second-order valence-electron chi connectivity index (χ2n) is 9.97. The van der Waals surface area contributed by atoms with Gasteiger partial charge in [0, 0.05) is 32.0 Å². The number of hydrogen-bond acceptors (Lipinski definition) is 5. The molecule has 190 valence electrons. The molecule has 0 radical (unpaired) electrons. The van der Waals surface area contributed by atoms with Crippen LogP contribution in [0.1, 0.15) is 68.2 Å². The Morgan fingerprint density at radius 1 is 0.879 bits per heavy atom. The van der Waals surface area contributed by atoms with Crippen molar-refractivity contribution < 1.29 is 18.1 Å². The van der Waals surface area contributed by atoms with Crippen molar-refractivity contribution in [1.82, 2.24) is 0 Å². The molecule has 1 rings (SSSR count). The average molecular weight is 496 g/mol. The van der Waals surface area contributed by atoms with E-state index in [0.717, 1.165) is 24.7 Å². The molecule has 0 fully saturated rings. The third-order valence-electron chi connectivity index (χ3n) is 6.66. The topological polar surface area (TPSA) is 48.0 Å². The Balaban J connectivity index is 2.86. The number of hydrogen-bond donors (Lipinski definition) is 0. The lowest BCUT2D eigenvalue weighted by atomic mass is 10.2.